The van der Waals surface area contributed by atoms with E-state index in [1.165, 1.54) is 22.3 Å². The molecule has 0 radical (unpaired) electrons. The molecular weight excluding hydrogens is 482 g/mol. The summed E-state index contributed by atoms with van der Waals surface area (Å²) in [5.41, 5.74) is 0. The quantitative estimate of drug-likeness (QED) is 0.581. The summed E-state index contributed by atoms with van der Waals surface area (Å²) in [4.78, 5) is 29.1. The second-order valence-corrected chi connectivity index (χ2v) is 11.2. The van der Waals surface area contributed by atoms with Crippen molar-refractivity contribution in [3.63, 3.8) is 0 Å². The highest BCUT2D eigenvalue weighted by Gasteiger charge is 2.35. The summed E-state index contributed by atoms with van der Waals surface area (Å²) in [6.45, 7) is 0.813. The molecule has 29 heavy (non-hydrogen) atoms. The Bertz CT molecular complexity index is 886. The summed E-state index contributed by atoms with van der Waals surface area (Å²) in [5.74, 6) is -0.596. The standard InChI is InChI=1S/C18H24BrN3O5S2/c19-16-6-5-14(28-16)7-10-29(26,27)20-15-4-2-8-21(18(15)25)11-17(24)22-9-1-3-13(22)12-23/h5-7,10,13,15,20,23H,1-4,8-9,11-12H2/b10-7+/t13-,15+/m1/s1. The number of piperidine rings is 1. The number of sulfonamides is 1. The number of carbonyl (C=O) groups excluding carboxylic acids is 2. The van der Waals surface area contributed by atoms with Crippen LogP contribution >= 0.6 is 27.3 Å². The lowest BCUT2D eigenvalue weighted by molar-refractivity contribution is -0.143. The largest absolute Gasteiger partial charge is 0.394 e. The van der Waals surface area contributed by atoms with E-state index in [2.05, 4.69) is 20.7 Å². The first-order valence-electron chi connectivity index (χ1n) is 9.44. The monoisotopic (exact) mass is 505 g/mol. The summed E-state index contributed by atoms with van der Waals surface area (Å²) >= 11 is 4.72. The molecule has 2 amide bonds. The van der Waals surface area contributed by atoms with Crippen LogP contribution in [0.2, 0.25) is 0 Å². The van der Waals surface area contributed by atoms with Gasteiger partial charge in [-0.15, -0.1) is 11.3 Å². The average Bonchev–Trinajstić information content (AvgIpc) is 3.32. The van der Waals surface area contributed by atoms with Gasteiger partial charge in [0.2, 0.25) is 21.8 Å². The Morgan fingerprint density at radius 3 is 2.76 bits per heavy atom. The lowest BCUT2D eigenvalue weighted by atomic mass is 10.1. The topological polar surface area (TPSA) is 107 Å². The third-order valence-corrected chi connectivity index (χ3v) is 7.77. The lowest BCUT2D eigenvalue weighted by Gasteiger charge is -2.33. The first-order chi connectivity index (χ1) is 13.8. The number of thiophene rings is 1. The zero-order chi connectivity index (χ0) is 21.0. The van der Waals surface area contributed by atoms with Crippen molar-refractivity contribution in [3.8, 4) is 0 Å². The Hall–Kier alpha value is -1.27. The van der Waals surface area contributed by atoms with E-state index in [-0.39, 0.29) is 31.0 Å². The third kappa shape index (κ3) is 5.88. The molecule has 0 saturated carbocycles. The number of aliphatic hydroxyl groups excluding tert-OH is 1. The van der Waals surface area contributed by atoms with Crippen LogP contribution in [-0.2, 0) is 19.6 Å². The summed E-state index contributed by atoms with van der Waals surface area (Å²) in [6, 6.07) is 2.54. The molecular formula is C18H24BrN3O5S2. The highest BCUT2D eigenvalue weighted by molar-refractivity contribution is 9.11. The number of amides is 2. The predicted octanol–water partition coefficient (Wildman–Crippen LogP) is 1.37. The normalized spacial score (nSPS) is 23.3. The Kier molecular flexibility index (Phi) is 7.49. The second-order valence-electron chi connectivity index (χ2n) is 7.13. The summed E-state index contributed by atoms with van der Waals surface area (Å²) in [6.07, 6.45) is 4.07. The van der Waals surface area contributed by atoms with Gasteiger partial charge in [-0.2, -0.15) is 4.72 Å². The van der Waals surface area contributed by atoms with Crippen LogP contribution in [0, 0.1) is 0 Å². The average molecular weight is 506 g/mol. The van der Waals surface area contributed by atoms with Gasteiger partial charge in [0.05, 0.1) is 23.0 Å². The number of aliphatic hydroxyl groups is 1. The molecule has 2 N–H and O–H groups in total. The summed E-state index contributed by atoms with van der Waals surface area (Å²) < 4.78 is 28.1. The van der Waals surface area contributed by atoms with E-state index in [1.54, 1.807) is 11.0 Å². The maximum Gasteiger partial charge on any atom is 0.242 e. The molecule has 0 aliphatic carbocycles. The number of nitrogens with zero attached hydrogens (tertiary/aromatic N) is 2. The fraction of sp³-hybridized carbons (Fsp3) is 0.556. The van der Waals surface area contributed by atoms with Crippen molar-refractivity contribution in [2.45, 2.75) is 37.8 Å². The lowest BCUT2D eigenvalue weighted by Crippen LogP contribution is -2.54. The van der Waals surface area contributed by atoms with Crippen molar-refractivity contribution in [2.24, 2.45) is 0 Å². The van der Waals surface area contributed by atoms with Gasteiger partial charge in [0.1, 0.15) is 6.04 Å². The number of rotatable bonds is 7. The molecule has 3 heterocycles. The molecule has 2 atom stereocenters. The molecule has 160 valence electrons. The highest BCUT2D eigenvalue weighted by Crippen LogP contribution is 2.23. The van der Waals surface area contributed by atoms with Gasteiger partial charge in [-0.25, -0.2) is 8.42 Å². The molecule has 0 bridgehead atoms. The van der Waals surface area contributed by atoms with Crippen LogP contribution in [0.1, 0.15) is 30.6 Å². The number of nitrogens with one attached hydrogen (secondary N) is 1. The number of halogens is 1. The smallest absolute Gasteiger partial charge is 0.242 e. The van der Waals surface area contributed by atoms with Crippen molar-refractivity contribution in [2.75, 3.05) is 26.2 Å². The van der Waals surface area contributed by atoms with Gasteiger partial charge in [0.25, 0.3) is 0 Å². The number of carbonyl (C=O) groups is 2. The van der Waals surface area contributed by atoms with Gasteiger partial charge in [0, 0.05) is 23.4 Å². The molecule has 1 aromatic heterocycles. The van der Waals surface area contributed by atoms with Crippen LogP contribution in [-0.4, -0.2) is 73.5 Å². The van der Waals surface area contributed by atoms with Crippen LogP contribution < -0.4 is 4.72 Å². The van der Waals surface area contributed by atoms with Gasteiger partial charge in [-0.05, 0) is 59.8 Å². The van der Waals surface area contributed by atoms with Gasteiger partial charge in [-0.1, -0.05) is 0 Å². The van der Waals surface area contributed by atoms with Gasteiger partial charge in [-0.3, -0.25) is 9.59 Å². The number of likely N-dealkylation sites (tertiary alicyclic amines) is 2. The van der Waals surface area contributed by atoms with E-state index < -0.39 is 16.1 Å². The Morgan fingerprint density at radius 1 is 1.31 bits per heavy atom. The number of hydrogen-bond donors (Lipinski definition) is 2. The minimum atomic E-state index is -3.80. The molecule has 2 saturated heterocycles. The Morgan fingerprint density at radius 2 is 2.07 bits per heavy atom. The van der Waals surface area contributed by atoms with Crippen LogP contribution in [0.15, 0.2) is 21.3 Å². The zero-order valence-electron chi connectivity index (χ0n) is 15.8. The molecule has 0 spiro atoms. The third-order valence-electron chi connectivity index (χ3n) is 5.08. The van der Waals surface area contributed by atoms with Gasteiger partial charge < -0.3 is 14.9 Å². The van der Waals surface area contributed by atoms with E-state index in [1.807, 2.05) is 6.07 Å². The fourth-order valence-electron chi connectivity index (χ4n) is 3.63. The van der Waals surface area contributed by atoms with E-state index in [0.717, 1.165) is 26.9 Å². The Labute approximate surface area is 182 Å². The molecule has 11 heteroatoms. The number of hydrogen-bond acceptors (Lipinski definition) is 6. The molecule has 2 aliphatic rings. The molecule has 0 aromatic carbocycles. The minimum absolute atomic E-state index is 0.0880. The SMILES string of the molecule is O=C1[C@@H](NS(=O)(=O)/C=C/c2ccc(Br)s2)CCCN1CC(=O)N1CCC[C@@H]1CO. The molecule has 0 unspecified atom stereocenters. The second kappa shape index (κ2) is 9.69. The predicted molar refractivity (Wildman–Crippen MR) is 115 cm³/mol. The Balaban J connectivity index is 1.60. The van der Waals surface area contributed by atoms with Crippen molar-refractivity contribution in [1.82, 2.24) is 14.5 Å². The van der Waals surface area contributed by atoms with E-state index >= 15 is 0 Å². The molecule has 2 fully saturated rings. The fourth-order valence-corrected chi connectivity index (χ4v) is 6.06. The summed E-state index contributed by atoms with van der Waals surface area (Å²) in [7, 11) is -3.80. The maximum absolute atomic E-state index is 12.7. The van der Waals surface area contributed by atoms with Crippen molar-refractivity contribution in [1.29, 1.82) is 0 Å². The van der Waals surface area contributed by atoms with E-state index in [4.69, 9.17) is 0 Å². The molecule has 2 aliphatic heterocycles. The van der Waals surface area contributed by atoms with Gasteiger partial charge >= 0.3 is 0 Å². The van der Waals surface area contributed by atoms with Crippen molar-refractivity contribution in [3.05, 3.63) is 26.2 Å². The van der Waals surface area contributed by atoms with E-state index in [0.29, 0.717) is 25.9 Å². The first kappa shape index (κ1) is 22.4. The highest BCUT2D eigenvalue weighted by atomic mass is 79.9. The van der Waals surface area contributed by atoms with Gasteiger partial charge in [0.15, 0.2) is 0 Å². The van der Waals surface area contributed by atoms with Crippen LogP contribution in [0.25, 0.3) is 6.08 Å². The first-order valence-corrected chi connectivity index (χ1v) is 12.6. The maximum atomic E-state index is 12.7. The summed E-state index contributed by atoms with van der Waals surface area (Å²) in [5, 5.41) is 10.4. The molecule has 8 nitrogen and oxygen atoms in total. The van der Waals surface area contributed by atoms with Crippen LogP contribution in [0.3, 0.4) is 0 Å². The zero-order valence-corrected chi connectivity index (χ0v) is 19.0. The molecule has 1 aromatic rings. The molecule has 3 rings (SSSR count). The van der Waals surface area contributed by atoms with Crippen molar-refractivity contribution < 1.29 is 23.1 Å². The van der Waals surface area contributed by atoms with Crippen molar-refractivity contribution >= 4 is 55.2 Å². The van der Waals surface area contributed by atoms with Crippen LogP contribution in [0.5, 0.6) is 0 Å². The van der Waals surface area contributed by atoms with E-state index in [9.17, 15) is 23.1 Å². The van der Waals surface area contributed by atoms with Crippen LogP contribution in [0.4, 0.5) is 0 Å². The minimum Gasteiger partial charge on any atom is -0.394 e.